The Labute approximate surface area is 174 Å². The lowest BCUT2D eigenvalue weighted by Crippen LogP contribution is -2.48. The largest absolute Gasteiger partial charge is 0.494 e. The van der Waals surface area contributed by atoms with Gasteiger partial charge in [0.05, 0.1) is 19.3 Å². The Bertz CT molecular complexity index is 922. The first-order valence-corrected chi connectivity index (χ1v) is 9.70. The molecule has 1 aliphatic heterocycles. The van der Waals surface area contributed by atoms with E-state index in [1.165, 1.54) is 31.5 Å². The molecule has 1 aromatic heterocycles. The Morgan fingerprint density at radius 1 is 1.17 bits per heavy atom. The van der Waals surface area contributed by atoms with E-state index in [-0.39, 0.29) is 11.7 Å². The van der Waals surface area contributed by atoms with E-state index in [2.05, 4.69) is 9.88 Å². The van der Waals surface area contributed by atoms with Crippen LogP contribution in [0.15, 0.2) is 42.6 Å². The first kappa shape index (κ1) is 21.3. The maximum atomic E-state index is 13.8. The molecule has 1 aliphatic rings. The first-order chi connectivity index (χ1) is 14.5. The lowest BCUT2D eigenvalue weighted by molar-refractivity contribution is -0.126. The van der Waals surface area contributed by atoms with E-state index < -0.39 is 11.8 Å². The molecule has 0 spiro atoms. The van der Waals surface area contributed by atoms with Crippen LogP contribution in [0.4, 0.5) is 10.2 Å². The number of benzene rings is 1. The summed E-state index contributed by atoms with van der Waals surface area (Å²) in [6.45, 7) is 4.41. The molecule has 0 N–H and O–H groups in total. The highest BCUT2D eigenvalue weighted by Crippen LogP contribution is 2.19. The summed E-state index contributed by atoms with van der Waals surface area (Å²) in [4.78, 5) is 32.3. The summed E-state index contributed by atoms with van der Waals surface area (Å²) in [6, 6.07) is 8.01. The van der Waals surface area contributed by atoms with Gasteiger partial charge in [-0.15, -0.1) is 0 Å². The zero-order chi connectivity index (χ0) is 21.5. The van der Waals surface area contributed by atoms with Gasteiger partial charge in [0.1, 0.15) is 5.82 Å². The molecule has 1 amide bonds. The van der Waals surface area contributed by atoms with Gasteiger partial charge in [-0.05, 0) is 42.8 Å². The van der Waals surface area contributed by atoms with Gasteiger partial charge in [0.2, 0.25) is 5.91 Å². The molecule has 8 heteroatoms. The normalized spacial score (nSPS) is 14.1. The van der Waals surface area contributed by atoms with Crippen LogP contribution in [0.25, 0.3) is 6.08 Å². The fourth-order valence-corrected chi connectivity index (χ4v) is 3.12. The number of nitrogens with zero attached hydrogens (tertiary/aromatic N) is 3. The van der Waals surface area contributed by atoms with Gasteiger partial charge in [0.25, 0.3) is 0 Å². The van der Waals surface area contributed by atoms with Crippen molar-refractivity contribution in [2.75, 3.05) is 44.8 Å². The molecule has 2 heterocycles. The van der Waals surface area contributed by atoms with Crippen LogP contribution in [0.3, 0.4) is 0 Å². The number of halogens is 1. The van der Waals surface area contributed by atoms with Crippen molar-refractivity contribution in [3.05, 3.63) is 59.5 Å². The predicted molar refractivity (Wildman–Crippen MR) is 111 cm³/mol. The average Bonchev–Trinajstić information content (AvgIpc) is 2.78. The molecule has 1 fully saturated rings. The smallest absolute Gasteiger partial charge is 0.339 e. The van der Waals surface area contributed by atoms with E-state index in [1.807, 2.05) is 0 Å². The van der Waals surface area contributed by atoms with E-state index in [0.717, 1.165) is 5.82 Å². The molecule has 158 valence electrons. The fourth-order valence-electron chi connectivity index (χ4n) is 3.12. The number of aromatic nitrogens is 1. The Balaban J connectivity index is 1.54. The molecular weight excluding hydrogens is 389 g/mol. The summed E-state index contributed by atoms with van der Waals surface area (Å²) in [6.07, 6.45) is 4.54. The number of anilines is 1. The van der Waals surface area contributed by atoms with Crippen molar-refractivity contribution in [3.8, 4) is 5.75 Å². The molecule has 1 aromatic carbocycles. The highest BCUT2D eigenvalue weighted by Gasteiger charge is 2.21. The topological polar surface area (TPSA) is 72.0 Å². The Hall–Kier alpha value is -3.42. The van der Waals surface area contributed by atoms with Crippen molar-refractivity contribution in [1.82, 2.24) is 9.88 Å². The van der Waals surface area contributed by atoms with E-state index in [0.29, 0.717) is 43.9 Å². The predicted octanol–water partition coefficient (Wildman–Crippen LogP) is 2.77. The lowest BCUT2D eigenvalue weighted by atomic mass is 10.2. The summed E-state index contributed by atoms with van der Waals surface area (Å²) in [5.74, 6) is -0.0768. The number of ether oxygens (including phenoxy) is 2. The summed E-state index contributed by atoms with van der Waals surface area (Å²) in [5, 5.41) is 0. The minimum Gasteiger partial charge on any atom is -0.494 e. The van der Waals surface area contributed by atoms with Gasteiger partial charge in [-0.25, -0.2) is 14.2 Å². The minimum absolute atomic E-state index is 0.128. The Kier molecular flexibility index (Phi) is 7.00. The van der Waals surface area contributed by atoms with E-state index >= 15 is 0 Å². The quantitative estimate of drug-likeness (QED) is 0.536. The fraction of sp³-hybridized carbons (Fsp3) is 0.318. The second-order valence-electron chi connectivity index (χ2n) is 6.67. The molecule has 0 saturated carbocycles. The molecular formula is C22H24FN3O4. The van der Waals surface area contributed by atoms with Crippen molar-refractivity contribution < 1.29 is 23.5 Å². The number of amides is 1. The Morgan fingerprint density at radius 2 is 1.93 bits per heavy atom. The van der Waals surface area contributed by atoms with Crippen molar-refractivity contribution >= 4 is 23.8 Å². The van der Waals surface area contributed by atoms with Crippen LogP contribution in [0.1, 0.15) is 22.8 Å². The zero-order valence-corrected chi connectivity index (χ0v) is 17.0. The summed E-state index contributed by atoms with van der Waals surface area (Å²) >= 11 is 0. The zero-order valence-electron chi connectivity index (χ0n) is 17.0. The second-order valence-corrected chi connectivity index (χ2v) is 6.67. The maximum Gasteiger partial charge on any atom is 0.339 e. The minimum atomic E-state index is -0.470. The van der Waals surface area contributed by atoms with Gasteiger partial charge in [-0.2, -0.15) is 0 Å². The van der Waals surface area contributed by atoms with Crippen molar-refractivity contribution in [3.63, 3.8) is 0 Å². The van der Waals surface area contributed by atoms with Crippen LogP contribution in [-0.2, 0) is 9.53 Å². The van der Waals surface area contributed by atoms with E-state index in [4.69, 9.17) is 9.47 Å². The van der Waals surface area contributed by atoms with Gasteiger partial charge < -0.3 is 19.3 Å². The molecule has 30 heavy (non-hydrogen) atoms. The van der Waals surface area contributed by atoms with Gasteiger partial charge in [-0.1, -0.05) is 6.07 Å². The van der Waals surface area contributed by atoms with Crippen LogP contribution in [-0.4, -0.2) is 61.7 Å². The SMILES string of the molecule is CCOC(=O)c1ccc(N2CCN(C(=O)/C=C/c3ccc(OC)c(F)c3)CC2)nc1. The number of piperazine rings is 1. The highest BCUT2D eigenvalue weighted by molar-refractivity contribution is 5.92. The molecule has 1 saturated heterocycles. The molecule has 3 rings (SSSR count). The molecule has 0 bridgehead atoms. The number of pyridine rings is 1. The highest BCUT2D eigenvalue weighted by atomic mass is 19.1. The van der Waals surface area contributed by atoms with E-state index in [1.54, 1.807) is 36.1 Å². The van der Waals surface area contributed by atoms with Gasteiger partial charge >= 0.3 is 5.97 Å². The summed E-state index contributed by atoms with van der Waals surface area (Å²) in [7, 11) is 1.40. The van der Waals surface area contributed by atoms with Crippen molar-refractivity contribution in [2.45, 2.75) is 6.92 Å². The Morgan fingerprint density at radius 3 is 2.53 bits per heavy atom. The monoisotopic (exact) mass is 413 g/mol. The van der Waals surface area contributed by atoms with E-state index in [9.17, 15) is 14.0 Å². The van der Waals surface area contributed by atoms with Crippen LogP contribution in [0.5, 0.6) is 5.75 Å². The third kappa shape index (κ3) is 5.14. The van der Waals surface area contributed by atoms with Crippen LogP contribution >= 0.6 is 0 Å². The second kappa shape index (κ2) is 9.87. The maximum absolute atomic E-state index is 13.8. The van der Waals surface area contributed by atoms with Gasteiger partial charge in [-0.3, -0.25) is 4.79 Å². The van der Waals surface area contributed by atoms with Crippen LogP contribution in [0.2, 0.25) is 0 Å². The van der Waals surface area contributed by atoms with Crippen LogP contribution in [0, 0.1) is 5.82 Å². The number of esters is 1. The van der Waals surface area contributed by atoms with Gasteiger partial charge in [0, 0.05) is 38.5 Å². The lowest BCUT2D eigenvalue weighted by Gasteiger charge is -2.35. The first-order valence-electron chi connectivity index (χ1n) is 9.70. The molecule has 2 aromatic rings. The average molecular weight is 413 g/mol. The number of methoxy groups -OCH3 is 1. The van der Waals surface area contributed by atoms with Gasteiger partial charge in [0.15, 0.2) is 11.6 Å². The standard InChI is InChI=1S/C22H24FN3O4/c1-3-30-22(28)17-6-8-20(24-15-17)25-10-12-26(13-11-25)21(27)9-5-16-4-7-19(29-2)18(23)14-16/h4-9,14-15H,3,10-13H2,1-2H3/b9-5+. The number of carbonyl (C=O) groups excluding carboxylic acids is 2. The number of hydrogen-bond acceptors (Lipinski definition) is 6. The molecule has 7 nitrogen and oxygen atoms in total. The molecule has 0 atom stereocenters. The molecule has 0 radical (unpaired) electrons. The summed E-state index contributed by atoms with van der Waals surface area (Å²) < 4.78 is 23.6. The van der Waals surface area contributed by atoms with Crippen molar-refractivity contribution in [2.24, 2.45) is 0 Å². The third-order valence-electron chi connectivity index (χ3n) is 4.77. The number of carbonyl (C=O) groups is 2. The number of rotatable bonds is 6. The van der Waals surface area contributed by atoms with Crippen molar-refractivity contribution in [1.29, 1.82) is 0 Å². The van der Waals surface area contributed by atoms with Crippen LogP contribution < -0.4 is 9.64 Å². The molecule has 0 unspecified atom stereocenters. The summed E-state index contributed by atoms with van der Waals surface area (Å²) in [5.41, 5.74) is 1.00. The third-order valence-corrected chi connectivity index (χ3v) is 4.77. The number of hydrogen-bond donors (Lipinski definition) is 0. The molecule has 0 aliphatic carbocycles.